The van der Waals surface area contributed by atoms with Crippen molar-refractivity contribution in [2.45, 2.75) is 19.6 Å². The molecule has 0 atom stereocenters. The van der Waals surface area contributed by atoms with Gasteiger partial charge in [0.2, 0.25) is 0 Å². The Kier molecular flexibility index (Phi) is 5.49. The van der Waals surface area contributed by atoms with Crippen LogP contribution in [0.25, 0.3) is 0 Å². The van der Waals surface area contributed by atoms with Gasteiger partial charge in [0.1, 0.15) is 5.75 Å². The summed E-state index contributed by atoms with van der Waals surface area (Å²) in [7, 11) is 1.62. The van der Waals surface area contributed by atoms with E-state index in [0.717, 1.165) is 23.3 Å². The third-order valence-corrected chi connectivity index (χ3v) is 3.49. The summed E-state index contributed by atoms with van der Waals surface area (Å²) in [5, 5.41) is 0. The lowest BCUT2D eigenvalue weighted by molar-refractivity contribution is -0.137. The topological polar surface area (TPSA) is 29.5 Å². The van der Waals surface area contributed by atoms with E-state index in [9.17, 15) is 18.0 Å². The summed E-state index contributed by atoms with van der Waals surface area (Å²) in [6, 6.07) is 12.2. The van der Waals surface area contributed by atoms with Crippen LogP contribution in [0.2, 0.25) is 0 Å². The van der Waals surface area contributed by atoms with Gasteiger partial charge in [0.05, 0.1) is 5.56 Å². The molecule has 0 aromatic heterocycles. The molecule has 0 unspecified atom stereocenters. The minimum atomic E-state index is -4.44. The largest absolute Gasteiger partial charge is 0.484 e. The maximum Gasteiger partial charge on any atom is 0.416 e. The molecule has 0 aliphatic heterocycles. The Morgan fingerprint density at radius 2 is 1.79 bits per heavy atom. The Hall–Kier alpha value is -2.50. The second-order valence-corrected chi connectivity index (χ2v) is 5.55. The second kappa shape index (κ2) is 7.38. The van der Waals surface area contributed by atoms with Gasteiger partial charge >= 0.3 is 6.18 Å². The lowest BCUT2D eigenvalue weighted by atomic mass is 10.1. The highest BCUT2D eigenvalue weighted by Crippen LogP contribution is 2.31. The number of benzene rings is 2. The molecule has 0 spiro atoms. The molecule has 2 aromatic carbocycles. The van der Waals surface area contributed by atoms with Crippen molar-refractivity contribution >= 4 is 5.91 Å². The Labute approximate surface area is 138 Å². The van der Waals surface area contributed by atoms with Crippen molar-refractivity contribution in [2.75, 3.05) is 13.7 Å². The first-order chi connectivity index (χ1) is 11.3. The highest BCUT2D eigenvalue weighted by Gasteiger charge is 2.30. The third kappa shape index (κ3) is 5.01. The highest BCUT2D eigenvalue weighted by atomic mass is 19.4. The second-order valence-electron chi connectivity index (χ2n) is 5.55. The Bertz CT molecular complexity index is 696. The van der Waals surface area contributed by atoms with E-state index in [1.54, 1.807) is 7.05 Å². The monoisotopic (exact) mass is 337 g/mol. The van der Waals surface area contributed by atoms with Gasteiger partial charge in [-0.1, -0.05) is 35.9 Å². The van der Waals surface area contributed by atoms with Gasteiger partial charge in [-0.15, -0.1) is 0 Å². The highest BCUT2D eigenvalue weighted by molar-refractivity contribution is 5.77. The molecular weight excluding hydrogens is 319 g/mol. The van der Waals surface area contributed by atoms with E-state index in [1.807, 2.05) is 31.2 Å². The van der Waals surface area contributed by atoms with Crippen molar-refractivity contribution in [1.82, 2.24) is 4.90 Å². The van der Waals surface area contributed by atoms with E-state index in [2.05, 4.69) is 0 Å². The van der Waals surface area contributed by atoms with Crippen molar-refractivity contribution < 1.29 is 22.7 Å². The van der Waals surface area contributed by atoms with E-state index in [0.29, 0.717) is 6.54 Å². The van der Waals surface area contributed by atoms with E-state index < -0.39 is 11.7 Å². The van der Waals surface area contributed by atoms with Gasteiger partial charge in [-0.3, -0.25) is 4.79 Å². The van der Waals surface area contributed by atoms with Gasteiger partial charge in [-0.05, 0) is 30.7 Å². The number of rotatable bonds is 5. The van der Waals surface area contributed by atoms with Crippen LogP contribution in [0.5, 0.6) is 5.75 Å². The number of hydrogen-bond donors (Lipinski definition) is 0. The molecule has 0 aliphatic rings. The molecule has 0 N–H and O–H groups in total. The molecule has 6 heteroatoms. The minimum Gasteiger partial charge on any atom is -0.484 e. The molecular formula is C18H18F3NO2. The zero-order valence-corrected chi connectivity index (χ0v) is 13.4. The third-order valence-electron chi connectivity index (χ3n) is 3.49. The van der Waals surface area contributed by atoms with E-state index in [4.69, 9.17) is 4.74 Å². The summed E-state index contributed by atoms with van der Waals surface area (Å²) in [5.41, 5.74) is 1.29. The zero-order chi connectivity index (χ0) is 17.7. The summed E-state index contributed by atoms with van der Waals surface area (Å²) in [6.07, 6.45) is -4.44. The van der Waals surface area contributed by atoms with E-state index in [1.165, 1.54) is 17.0 Å². The molecule has 0 bridgehead atoms. The number of likely N-dealkylation sites (N-methyl/N-ethyl adjacent to an activating group) is 1. The van der Waals surface area contributed by atoms with Gasteiger partial charge in [0.25, 0.3) is 5.91 Å². The normalized spacial score (nSPS) is 11.2. The van der Waals surface area contributed by atoms with Crippen molar-refractivity contribution in [3.8, 4) is 5.75 Å². The summed E-state index contributed by atoms with van der Waals surface area (Å²) in [4.78, 5) is 13.5. The lowest BCUT2D eigenvalue weighted by Gasteiger charge is -2.18. The summed E-state index contributed by atoms with van der Waals surface area (Å²) < 4.78 is 43.1. The van der Waals surface area contributed by atoms with Gasteiger partial charge in [0.15, 0.2) is 6.61 Å². The smallest absolute Gasteiger partial charge is 0.416 e. The molecule has 24 heavy (non-hydrogen) atoms. The first kappa shape index (κ1) is 17.8. The first-order valence-corrected chi connectivity index (χ1v) is 7.35. The molecule has 0 fully saturated rings. The van der Waals surface area contributed by atoms with Crippen LogP contribution in [0.15, 0.2) is 48.5 Å². The summed E-state index contributed by atoms with van der Waals surface area (Å²) >= 11 is 0. The zero-order valence-electron chi connectivity index (χ0n) is 13.4. The van der Waals surface area contributed by atoms with Crippen LogP contribution >= 0.6 is 0 Å². The molecule has 1 amide bonds. The van der Waals surface area contributed by atoms with Gasteiger partial charge in [0, 0.05) is 13.6 Å². The molecule has 2 aromatic rings. The van der Waals surface area contributed by atoms with Crippen molar-refractivity contribution in [1.29, 1.82) is 0 Å². The quantitative estimate of drug-likeness (QED) is 0.824. The Morgan fingerprint density at radius 1 is 1.12 bits per heavy atom. The SMILES string of the molecule is Cc1ccc(CN(C)C(=O)COc2cccc(C(F)(F)F)c2)cc1. The fourth-order valence-corrected chi connectivity index (χ4v) is 2.07. The van der Waals surface area contributed by atoms with Crippen molar-refractivity contribution in [2.24, 2.45) is 0 Å². The Morgan fingerprint density at radius 3 is 2.42 bits per heavy atom. The van der Waals surface area contributed by atoms with Crippen LogP contribution in [-0.2, 0) is 17.5 Å². The van der Waals surface area contributed by atoms with Gasteiger partial charge in [-0.25, -0.2) is 0 Å². The van der Waals surface area contributed by atoms with Crippen LogP contribution in [0.3, 0.4) is 0 Å². The first-order valence-electron chi connectivity index (χ1n) is 7.35. The predicted octanol–water partition coefficient (Wildman–Crippen LogP) is 4.05. The number of carbonyl (C=O) groups is 1. The number of ether oxygens (including phenoxy) is 1. The number of halogens is 3. The lowest BCUT2D eigenvalue weighted by Crippen LogP contribution is -2.31. The summed E-state index contributed by atoms with van der Waals surface area (Å²) in [6.45, 7) is 2.07. The molecule has 3 nitrogen and oxygen atoms in total. The number of aryl methyl sites for hydroxylation is 1. The van der Waals surface area contributed by atoms with Gasteiger partial charge in [-0.2, -0.15) is 13.2 Å². The standard InChI is InChI=1S/C18H18F3NO2/c1-13-6-8-14(9-7-13)11-22(2)17(23)12-24-16-5-3-4-15(10-16)18(19,20)21/h3-10H,11-12H2,1-2H3. The number of nitrogens with zero attached hydrogens (tertiary/aromatic N) is 1. The van der Waals surface area contributed by atoms with Crippen molar-refractivity contribution in [3.63, 3.8) is 0 Å². The molecule has 0 saturated heterocycles. The van der Waals surface area contributed by atoms with Crippen LogP contribution in [0, 0.1) is 6.92 Å². The molecule has 0 saturated carbocycles. The van der Waals surface area contributed by atoms with Crippen LogP contribution in [0.1, 0.15) is 16.7 Å². The number of amides is 1. The van der Waals surface area contributed by atoms with E-state index in [-0.39, 0.29) is 18.3 Å². The molecule has 0 heterocycles. The van der Waals surface area contributed by atoms with Gasteiger partial charge < -0.3 is 9.64 Å². The summed E-state index contributed by atoms with van der Waals surface area (Å²) in [5.74, 6) is -0.296. The number of hydrogen-bond acceptors (Lipinski definition) is 2. The molecule has 0 aliphatic carbocycles. The van der Waals surface area contributed by atoms with Crippen LogP contribution < -0.4 is 4.74 Å². The molecule has 0 radical (unpaired) electrons. The van der Waals surface area contributed by atoms with E-state index >= 15 is 0 Å². The van der Waals surface area contributed by atoms with Crippen LogP contribution in [0.4, 0.5) is 13.2 Å². The maximum absolute atomic E-state index is 12.6. The predicted molar refractivity (Wildman–Crippen MR) is 84.6 cm³/mol. The number of alkyl halides is 3. The number of carbonyl (C=O) groups excluding carboxylic acids is 1. The molecule has 2 rings (SSSR count). The average Bonchev–Trinajstić information content (AvgIpc) is 2.54. The van der Waals surface area contributed by atoms with Crippen molar-refractivity contribution in [3.05, 3.63) is 65.2 Å². The fraction of sp³-hybridized carbons (Fsp3) is 0.278. The van der Waals surface area contributed by atoms with Crippen LogP contribution in [-0.4, -0.2) is 24.5 Å². The maximum atomic E-state index is 12.6. The average molecular weight is 337 g/mol. The molecule has 128 valence electrons. The minimum absolute atomic E-state index is 0.0157. The Balaban J connectivity index is 1.91. The fourth-order valence-electron chi connectivity index (χ4n) is 2.07.